The molecule has 8 nitrogen and oxygen atoms in total. The molecular formula is C23H19F4N5O3. The smallest absolute Gasteiger partial charge is 0.320 e. The average molecular weight is 489 g/mol. The highest BCUT2D eigenvalue weighted by atomic mass is 19.1. The Hall–Kier alpha value is -4.22. The minimum atomic E-state index is -0.892. The molecule has 2 amide bonds. The summed E-state index contributed by atoms with van der Waals surface area (Å²) < 4.78 is 54.8. The number of benzene rings is 2. The van der Waals surface area contributed by atoms with Gasteiger partial charge in [-0.25, -0.2) is 27.3 Å². The van der Waals surface area contributed by atoms with E-state index in [1.165, 1.54) is 6.07 Å². The quantitative estimate of drug-likeness (QED) is 0.281. The van der Waals surface area contributed by atoms with Gasteiger partial charge < -0.3 is 10.2 Å². The summed E-state index contributed by atoms with van der Waals surface area (Å²) in [5, 5.41) is 16.1. The van der Waals surface area contributed by atoms with Crippen molar-refractivity contribution in [1.82, 2.24) is 10.3 Å². The number of rotatable bonds is 6. The Kier molecular flexibility index (Phi) is 6.80. The van der Waals surface area contributed by atoms with Crippen LogP contribution in [0.3, 0.4) is 0 Å². The Morgan fingerprint density at radius 1 is 1.06 bits per heavy atom. The zero-order valence-corrected chi connectivity index (χ0v) is 18.1. The van der Waals surface area contributed by atoms with E-state index in [0.29, 0.717) is 25.5 Å². The molecule has 3 aromatic rings. The fourth-order valence-corrected chi connectivity index (χ4v) is 4.02. The molecule has 182 valence electrons. The van der Waals surface area contributed by atoms with Gasteiger partial charge in [-0.15, -0.1) is 0 Å². The maximum absolute atomic E-state index is 14.4. The van der Waals surface area contributed by atoms with E-state index in [2.05, 4.69) is 15.6 Å². The maximum Gasteiger partial charge on any atom is 0.320 e. The van der Waals surface area contributed by atoms with Crippen LogP contribution in [0.4, 0.5) is 39.7 Å². The van der Waals surface area contributed by atoms with Crippen molar-refractivity contribution < 1.29 is 27.3 Å². The molecule has 1 aliphatic rings. The third-order valence-corrected chi connectivity index (χ3v) is 5.53. The minimum absolute atomic E-state index is 0.136. The van der Waals surface area contributed by atoms with Crippen molar-refractivity contribution in [2.75, 3.05) is 16.8 Å². The van der Waals surface area contributed by atoms with Gasteiger partial charge >= 0.3 is 11.7 Å². The third-order valence-electron chi connectivity index (χ3n) is 5.53. The van der Waals surface area contributed by atoms with Crippen LogP contribution in [0.2, 0.25) is 0 Å². The molecule has 1 atom stereocenters. The summed E-state index contributed by atoms with van der Waals surface area (Å²) >= 11 is 0. The van der Waals surface area contributed by atoms with Gasteiger partial charge in [-0.1, -0.05) is 0 Å². The Morgan fingerprint density at radius 2 is 1.80 bits per heavy atom. The highest BCUT2D eigenvalue weighted by molar-refractivity contribution is 5.90. The molecule has 0 radical (unpaired) electrons. The van der Waals surface area contributed by atoms with Crippen LogP contribution in [0.25, 0.3) is 0 Å². The number of carbonyl (C=O) groups is 1. The van der Waals surface area contributed by atoms with Crippen molar-refractivity contribution in [2.24, 2.45) is 0 Å². The van der Waals surface area contributed by atoms with Crippen molar-refractivity contribution >= 4 is 23.4 Å². The number of halogens is 4. The number of carbonyl (C=O) groups excluding carboxylic acids is 1. The molecule has 0 saturated carbocycles. The van der Waals surface area contributed by atoms with Crippen LogP contribution in [-0.2, 0) is 6.54 Å². The monoisotopic (exact) mass is 489 g/mol. The second-order valence-corrected chi connectivity index (χ2v) is 7.90. The summed E-state index contributed by atoms with van der Waals surface area (Å²) in [6.07, 6.45) is 1.15. The number of urea groups is 1. The number of hydrogen-bond donors (Lipinski definition) is 2. The van der Waals surface area contributed by atoms with Gasteiger partial charge in [-0.2, -0.15) is 0 Å². The van der Waals surface area contributed by atoms with E-state index in [1.54, 1.807) is 4.90 Å². The van der Waals surface area contributed by atoms with Gasteiger partial charge in [-0.05, 0) is 54.8 Å². The van der Waals surface area contributed by atoms with Crippen molar-refractivity contribution in [3.63, 3.8) is 0 Å². The van der Waals surface area contributed by atoms with E-state index in [9.17, 15) is 32.5 Å². The normalized spacial score (nSPS) is 15.2. The average Bonchev–Trinajstić information content (AvgIpc) is 3.28. The fraction of sp³-hybridized carbons (Fsp3) is 0.217. The summed E-state index contributed by atoms with van der Waals surface area (Å²) in [5.74, 6) is -2.96. The molecule has 2 heterocycles. The molecule has 1 aliphatic heterocycles. The second kappa shape index (κ2) is 9.95. The Balaban J connectivity index is 1.56. The molecule has 0 spiro atoms. The van der Waals surface area contributed by atoms with E-state index in [-0.39, 0.29) is 29.3 Å². The van der Waals surface area contributed by atoms with Gasteiger partial charge in [0.1, 0.15) is 29.1 Å². The maximum atomic E-state index is 14.4. The van der Waals surface area contributed by atoms with E-state index < -0.39 is 46.0 Å². The molecule has 2 aromatic carbocycles. The number of hydrogen-bond acceptors (Lipinski definition) is 5. The van der Waals surface area contributed by atoms with Gasteiger partial charge in [0, 0.05) is 30.8 Å². The van der Waals surface area contributed by atoms with Crippen LogP contribution >= 0.6 is 0 Å². The molecule has 1 fully saturated rings. The zero-order chi connectivity index (χ0) is 25.1. The summed E-state index contributed by atoms with van der Waals surface area (Å²) in [7, 11) is 0. The second-order valence-electron chi connectivity index (χ2n) is 7.90. The van der Waals surface area contributed by atoms with Crippen molar-refractivity contribution in [1.29, 1.82) is 0 Å². The molecule has 2 N–H and O–H groups in total. The van der Waals surface area contributed by atoms with Crippen LogP contribution < -0.4 is 15.5 Å². The molecule has 1 saturated heterocycles. The Labute approximate surface area is 196 Å². The highest BCUT2D eigenvalue weighted by Gasteiger charge is 2.31. The first kappa shape index (κ1) is 23.9. The fourth-order valence-electron chi connectivity index (χ4n) is 4.02. The number of anilines is 2. The molecular weight excluding hydrogens is 470 g/mol. The van der Waals surface area contributed by atoms with Crippen LogP contribution in [0.15, 0.2) is 48.5 Å². The minimum Gasteiger partial charge on any atom is -0.349 e. The lowest BCUT2D eigenvalue weighted by atomic mass is 10.0. The largest absolute Gasteiger partial charge is 0.349 e. The first-order valence-corrected chi connectivity index (χ1v) is 10.6. The SMILES string of the molecule is O=C(NCc1cc(F)cc(F)c1)Nc1nc(N2CCCC2c2cc(F)ccc2F)ccc1[N+](=O)[O-]. The molecule has 12 heteroatoms. The number of pyridine rings is 1. The van der Waals surface area contributed by atoms with Gasteiger partial charge in [0.15, 0.2) is 0 Å². The summed E-state index contributed by atoms with van der Waals surface area (Å²) in [6, 6.07) is 6.97. The number of amides is 2. The van der Waals surface area contributed by atoms with Gasteiger partial charge in [0.25, 0.3) is 0 Å². The lowest BCUT2D eigenvalue weighted by Gasteiger charge is -2.26. The van der Waals surface area contributed by atoms with E-state index in [1.807, 2.05) is 0 Å². The molecule has 0 aliphatic carbocycles. The topological polar surface area (TPSA) is 100 Å². The van der Waals surface area contributed by atoms with Gasteiger partial charge in [0.2, 0.25) is 5.82 Å². The van der Waals surface area contributed by atoms with Crippen molar-refractivity contribution in [2.45, 2.75) is 25.4 Å². The predicted molar refractivity (Wildman–Crippen MR) is 119 cm³/mol. The van der Waals surface area contributed by atoms with Crippen molar-refractivity contribution in [3.05, 3.63) is 93.0 Å². The molecule has 4 rings (SSSR count). The summed E-state index contributed by atoms with van der Waals surface area (Å²) in [5.41, 5.74) is -0.212. The molecule has 35 heavy (non-hydrogen) atoms. The summed E-state index contributed by atoms with van der Waals surface area (Å²) in [6.45, 7) is 0.184. The number of nitrogens with zero attached hydrogens (tertiary/aromatic N) is 3. The van der Waals surface area contributed by atoms with E-state index in [0.717, 1.165) is 36.4 Å². The lowest BCUT2D eigenvalue weighted by molar-refractivity contribution is -0.384. The lowest BCUT2D eigenvalue weighted by Crippen LogP contribution is -2.30. The highest BCUT2D eigenvalue weighted by Crippen LogP contribution is 2.38. The van der Waals surface area contributed by atoms with Crippen LogP contribution in [0, 0.1) is 33.4 Å². The van der Waals surface area contributed by atoms with E-state index >= 15 is 0 Å². The van der Waals surface area contributed by atoms with Gasteiger partial charge in [-0.3, -0.25) is 15.4 Å². The third kappa shape index (κ3) is 5.48. The van der Waals surface area contributed by atoms with Gasteiger partial charge in [0.05, 0.1) is 11.0 Å². The number of aromatic nitrogens is 1. The number of nitro groups is 1. The number of nitrogens with one attached hydrogen (secondary N) is 2. The predicted octanol–water partition coefficient (Wildman–Crippen LogP) is 5.21. The molecule has 0 bridgehead atoms. The molecule has 1 aromatic heterocycles. The first-order chi connectivity index (χ1) is 16.7. The zero-order valence-electron chi connectivity index (χ0n) is 18.1. The van der Waals surface area contributed by atoms with Crippen LogP contribution in [-0.4, -0.2) is 22.5 Å². The standard InChI is InChI=1S/C23H19F4N5O3/c24-14-3-4-18(27)17(11-14)19-2-1-7-31(19)21-6-5-20(32(34)35)22(29-21)30-23(33)28-12-13-8-15(25)10-16(26)9-13/h3-6,8-11,19H,1-2,7,12H2,(H2,28,29,30,33). The Bertz CT molecular complexity index is 1270. The first-order valence-electron chi connectivity index (χ1n) is 10.6. The van der Waals surface area contributed by atoms with E-state index in [4.69, 9.17) is 0 Å². The van der Waals surface area contributed by atoms with Crippen molar-refractivity contribution in [3.8, 4) is 0 Å². The molecule has 1 unspecified atom stereocenters. The van der Waals surface area contributed by atoms with Crippen LogP contribution in [0.1, 0.15) is 30.0 Å². The summed E-state index contributed by atoms with van der Waals surface area (Å²) in [4.78, 5) is 29.0. The van der Waals surface area contributed by atoms with Crippen LogP contribution in [0.5, 0.6) is 0 Å². The Morgan fingerprint density at radius 3 is 2.51 bits per heavy atom.